The molecule has 1 unspecified atom stereocenters. The molecule has 0 nitrogen and oxygen atoms in total. The first-order valence-corrected chi connectivity index (χ1v) is 6.80. The Hall–Kier alpha value is -1.82. The first-order chi connectivity index (χ1) is 9.10. The predicted octanol–water partition coefficient (Wildman–Crippen LogP) is 5.70. The average Bonchev–Trinajstić information content (AvgIpc) is 2.56. The minimum atomic E-state index is 0.484. The third-order valence-corrected chi connectivity index (χ3v) is 3.18. The molecular weight excluding hydrogens is 228 g/mol. The van der Waals surface area contributed by atoms with Crippen LogP contribution in [0.4, 0.5) is 0 Å². The van der Waals surface area contributed by atoms with Crippen LogP contribution in [0.5, 0.6) is 0 Å². The second-order valence-corrected chi connectivity index (χ2v) is 4.87. The first-order valence-electron chi connectivity index (χ1n) is 6.80. The van der Waals surface area contributed by atoms with Gasteiger partial charge in [0.05, 0.1) is 0 Å². The van der Waals surface area contributed by atoms with Gasteiger partial charge in [0.2, 0.25) is 0 Å². The quantitative estimate of drug-likeness (QED) is 0.563. The van der Waals surface area contributed by atoms with Crippen molar-refractivity contribution in [3.63, 3.8) is 0 Å². The Morgan fingerprint density at radius 2 is 1.89 bits per heavy atom. The minimum absolute atomic E-state index is 0.484. The SMILES string of the molecule is C=C\C=C(C1=C(C)C=CC(C)C=C1)/C(C)=C\C=C/C. The van der Waals surface area contributed by atoms with Gasteiger partial charge in [0.15, 0.2) is 0 Å². The summed E-state index contributed by atoms with van der Waals surface area (Å²) in [6.45, 7) is 12.4. The van der Waals surface area contributed by atoms with Gasteiger partial charge in [-0.05, 0) is 49.0 Å². The molecule has 0 aromatic carbocycles. The van der Waals surface area contributed by atoms with E-state index >= 15 is 0 Å². The molecule has 0 saturated heterocycles. The van der Waals surface area contributed by atoms with Crippen molar-refractivity contribution in [3.05, 3.63) is 83.6 Å². The molecule has 0 N–H and O–H groups in total. The second-order valence-electron chi connectivity index (χ2n) is 4.87. The van der Waals surface area contributed by atoms with Crippen LogP contribution in [-0.4, -0.2) is 0 Å². The molecule has 1 aliphatic carbocycles. The highest BCUT2D eigenvalue weighted by Crippen LogP contribution is 2.27. The maximum atomic E-state index is 3.84. The van der Waals surface area contributed by atoms with Crippen LogP contribution in [0.15, 0.2) is 83.6 Å². The number of hydrogen-bond donors (Lipinski definition) is 0. The fourth-order valence-electron chi connectivity index (χ4n) is 2.01. The maximum Gasteiger partial charge on any atom is -0.00753 e. The zero-order chi connectivity index (χ0) is 14.3. The van der Waals surface area contributed by atoms with E-state index in [1.54, 1.807) is 0 Å². The van der Waals surface area contributed by atoms with E-state index in [0.717, 1.165) is 0 Å². The summed E-state index contributed by atoms with van der Waals surface area (Å²) in [6, 6.07) is 0. The molecule has 100 valence electrons. The van der Waals surface area contributed by atoms with Gasteiger partial charge in [-0.3, -0.25) is 0 Å². The van der Waals surface area contributed by atoms with E-state index in [2.05, 4.69) is 69.9 Å². The smallest absolute Gasteiger partial charge is 0.00753 e. The average molecular weight is 252 g/mol. The molecule has 0 radical (unpaired) electrons. The van der Waals surface area contributed by atoms with E-state index in [1.807, 2.05) is 19.1 Å². The molecule has 0 saturated carbocycles. The third-order valence-electron chi connectivity index (χ3n) is 3.18. The maximum absolute atomic E-state index is 3.84. The molecule has 1 atom stereocenters. The van der Waals surface area contributed by atoms with Crippen LogP contribution in [0.25, 0.3) is 0 Å². The molecule has 0 aromatic rings. The Labute approximate surface area is 117 Å². The zero-order valence-corrected chi connectivity index (χ0v) is 12.5. The Morgan fingerprint density at radius 3 is 2.53 bits per heavy atom. The van der Waals surface area contributed by atoms with Crippen LogP contribution in [0.3, 0.4) is 0 Å². The number of hydrogen-bond acceptors (Lipinski definition) is 0. The lowest BCUT2D eigenvalue weighted by Crippen LogP contribution is -1.92. The Balaban J connectivity index is 3.28. The Bertz CT molecular complexity index is 502. The highest BCUT2D eigenvalue weighted by atomic mass is 14.1. The van der Waals surface area contributed by atoms with E-state index in [4.69, 9.17) is 0 Å². The Kier molecular flexibility index (Phi) is 6.08. The molecule has 0 bridgehead atoms. The molecule has 1 rings (SSSR count). The number of allylic oxidation sites excluding steroid dienone is 13. The molecule has 19 heavy (non-hydrogen) atoms. The van der Waals surface area contributed by atoms with Crippen LogP contribution >= 0.6 is 0 Å². The lowest BCUT2D eigenvalue weighted by molar-refractivity contribution is 0.941. The van der Waals surface area contributed by atoms with Gasteiger partial charge in [0.25, 0.3) is 0 Å². The summed E-state index contributed by atoms with van der Waals surface area (Å²) in [5.41, 5.74) is 5.06. The van der Waals surface area contributed by atoms with Crippen molar-refractivity contribution in [2.24, 2.45) is 5.92 Å². The molecule has 1 aliphatic rings. The van der Waals surface area contributed by atoms with Gasteiger partial charge in [0.1, 0.15) is 0 Å². The van der Waals surface area contributed by atoms with Crippen LogP contribution < -0.4 is 0 Å². The molecule has 0 amide bonds. The van der Waals surface area contributed by atoms with E-state index in [-0.39, 0.29) is 0 Å². The fourth-order valence-corrected chi connectivity index (χ4v) is 2.01. The normalized spacial score (nSPS) is 21.2. The summed E-state index contributed by atoms with van der Waals surface area (Å²) < 4.78 is 0. The van der Waals surface area contributed by atoms with Crippen molar-refractivity contribution < 1.29 is 0 Å². The van der Waals surface area contributed by atoms with Crippen molar-refractivity contribution >= 4 is 0 Å². The molecule has 0 aromatic heterocycles. The van der Waals surface area contributed by atoms with Gasteiger partial charge in [-0.2, -0.15) is 0 Å². The van der Waals surface area contributed by atoms with Crippen molar-refractivity contribution in [2.45, 2.75) is 27.7 Å². The summed E-state index contributed by atoms with van der Waals surface area (Å²) >= 11 is 0. The van der Waals surface area contributed by atoms with Crippen molar-refractivity contribution in [3.8, 4) is 0 Å². The van der Waals surface area contributed by atoms with Crippen molar-refractivity contribution in [2.75, 3.05) is 0 Å². The lowest BCUT2D eigenvalue weighted by Gasteiger charge is -2.11. The van der Waals surface area contributed by atoms with Crippen molar-refractivity contribution in [1.29, 1.82) is 0 Å². The topological polar surface area (TPSA) is 0 Å². The summed E-state index contributed by atoms with van der Waals surface area (Å²) in [5, 5.41) is 0. The van der Waals surface area contributed by atoms with Crippen LogP contribution in [-0.2, 0) is 0 Å². The fraction of sp³-hybridized carbons (Fsp3) is 0.263. The number of rotatable bonds is 4. The molecule has 0 heteroatoms. The van der Waals surface area contributed by atoms with E-state index < -0.39 is 0 Å². The highest BCUT2D eigenvalue weighted by molar-refractivity contribution is 5.57. The van der Waals surface area contributed by atoms with Gasteiger partial charge < -0.3 is 0 Å². The van der Waals surface area contributed by atoms with Crippen molar-refractivity contribution in [1.82, 2.24) is 0 Å². The van der Waals surface area contributed by atoms with Gasteiger partial charge in [-0.25, -0.2) is 0 Å². The Morgan fingerprint density at radius 1 is 1.21 bits per heavy atom. The van der Waals surface area contributed by atoms with Gasteiger partial charge in [-0.1, -0.05) is 68.2 Å². The standard InChI is InChI=1S/C19H24/c1-6-8-10-16(4)18(9-7-2)19-14-12-15(3)11-13-17(19)5/h6-15H,2H2,1,3-5H3/b8-6-,16-10-,18-9+. The van der Waals surface area contributed by atoms with Crippen LogP contribution in [0.1, 0.15) is 27.7 Å². The monoisotopic (exact) mass is 252 g/mol. The first kappa shape index (κ1) is 15.2. The molecule has 0 spiro atoms. The largest absolute Gasteiger partial charge is 0.0990 e. The van der Waals surface area contributed by atoms with E-state index in [0.29, 0.717) is 5.92 Å². The zero-order valence-electron chi connectivity index (χ0n) is 12.5. The summed E-state index contributed by atoms with van der Waals surface area (Å²) in [6.07, 6.45) is 19.1. The second kappa shape index (κ2) is 7.58. The third kappa shape index (κ3) is 4.40. The summed E-state index contributed by atoms with van der Waals surface area (Å²) in [7, 11) is 0. The summed E-state index contributed by atoms with van der Waals surface area (Å²) in [5.74, 6) is 0.484. The summed E-state index contributed by atoms with van der Waals surface area (Å²) in [4.78, 5) is 0. The van der Waals surface area contributed by atoms with Crippen LogP contribution in [0, 0.1) is 5.92 Å². The molecule has 0 fully saturated rings. The lowest BCUT2D eigenvalue weighted by atomic mass is 9.94. The highest BCUT2D eigenvalue weighted by Gasteiger charge is 2.09. The van der Waals surface area contributed by atoms with E-state index in [9.17, 15) is 0 Å². The van der Waals surface area contributed by atoms with Gasteiger partial charge in [-0.15, -0.1) is 0 Å². The molecule has 0 heterocycles. The van der Waals surface area contributed by atoms with Gasteiger partial charge in [0, 0.05) is 0 Å². The molecule has 0 aliphatic heterocycles. The van der Waals surface area contributed by atoms with Gasteiger partial charge >= 0.3 is 0 Å². The predicted molar refractivity (Wildman–Crippen MR) is 87.0 cm³/mol. The minimum Gasteiger partial charge on any atom is -0.0990 e. The van der Waals surface area contributed by atoms with Crippen LogP contribution in [0.2, 0.25) is 0 Å². The van der Waals surface area contributed by atoms with E-state index in [1.165, 1.54) is 22.3 Å². The molecular formula is C19H24.